The van der Waals surface area contributed by atoms with E-state index < -0.39 is 0 Å². The zero-order valence-electron chi connectivity index (χ0n) is 13.0. The number of rotatable bonds is 3. The molecule has 0 saturated heterocycles. The van der Waals surface area contributed by atoms with Crippen LogP contribution in [0.5, 0.6) is 0 Å². The van der Waals surface area contributed by atoms with E-state index in [9.17, 15) is 4.79 Å². The molecule has 1 amide bonds. The van der Waals surface area contributed by atoms with Crippen LogP contribution in [-0.4, -0.2) is 34.9 Å². The molecule has 4 nitrogen and oxygen atoms in total. The zero-order chi connectivity index (χ0) is 16.4. The van der Waals surface area contributed by atoms with Gasteiger partial charge in [0.15, 0.2) is 6.20 Å². The van der Waals surface area contributed by atoms with Gasteiger partial charge in [0, 0.05) is 47.8 Å². The Hall–Kier alpha value is -1.57. The molecule has 0 unspecified atom stereocenters. The Morgan fingerprint density at radius 3 is 2.74 bits per heavy atom. The van der Waals surface area contributed by atoms with Crippen LogP contribution in [0, 0.1) is 0 Å². The van der Waals surface area contributed by atoms with Crippen LogP contribution in [0.25, 0.3) is 21.2 Å². The van der Waals surface area contributed by atoms with E-state index in [1.807, 2.05) is 30.8 Å². The van der Waals surface area contributed by atoms with Crippen molar-refractivity contribution in [2.45, 2.75) is 9.92 Å². The molecule has 0 bridgehead atoms. The van der Waals surface area contributed by atoms with Crippen LogP contribution < -0.4 is 4.98 Å². The smallest absolute Gasteiger partial charge is 0.285 e. The van der Waals surface area contributed by atoms with Gasteiger partial charge >= 0.3 is 0 Å². The molecule has 0 saturated carbocycles. The molecule has 3 aromatic rings. The summed E-state index contributed by atoms with van der Waals surface area (Å²) >= 11 is 4.37. The van der Waals surface area contributed by atoms with Gasteiger partial charge in [0.05, 0.1) is 4.70 Å². The summed E-state index contributed by atoms with van der Waals surface area (Å²) in [6.45, 7) is 0. The van der Waals surface area contributed by atoms with Gasteiger partial charge in [0.25, 0.3) is 5.24 Å². The van der Waals surface area contributed by atoms with E-state index in [-0.39, 0.29) is 5.24 Å². The number of carbonyl (C=O) groups excluding carboxylic acids is 1. The number of carbonyl (C=O) groups is 1. The molecule has 1 aromatic carbocycles. The fraction of sp³-hybridized carbons (Fsp3) is 0.188. The van der Waals surface area contributed by atoms with Crippen molar-refractivity contribution in [3.8, 4) is 11.1 Å². The second-order valence-electron chi connectivity index (χ2n) is 5.09. The average Bonchev–Trinajstić information content (AvgIpc) is 3.03. The lowest BCUT2D eigenvalue weighted by Gasteiger charge is -2.12. The van der Waals surface area contributed by atoms with Crippen LogP contribution in [-0.2, 0) is 0 Å². The number of hydrogen-bond acceptors (Lipinski definition) is 5. The summed E-state index contributed by atoms with van der Waals surface area (Å²) in [6.07, 6.45) is 5.89. The Bertz CT molecular complexity index is 843. The third-order valence-corrected chi connectivity index (χ3v) is 5.97. The van der Waals surface area contributed by atoms with Gasteiger partial charge in [0.1, 0.15) is 0 Å². The average molecular weight is 363 g/mol. The van der Waals surface area contributed by atoms with Crippen molar-refractivity contribution < 1.29 is 9.78 Å². The summed E-state index contributed by atoms with van der Waals surface area (Å²) in [5.74, 6) is 0. The second kappa shape index (κ2) is 6.90. The minimum atomic E-state index is 0.0137. The highest BCUT2D eigenvalue weighted by molar-refractivity contribution is 8.13. The first-order valence-corrected chi connectivity index (χ1v) is 9.74. The molecule has 2 aromatic heterocycles. The molecule has 2 heterocycles. The highest BCUT2D eigenvalue weighted by Crippen LogP contribution is 2.39. The number of aromatic amines is 1. The lowest BCUT2D eigenvalue weighted by molar-refractivity contribution is -0.425. The lowest BCUT2D eigenvalue weighted by Crippen LogP contribution is -2.16. The molecule has 7 heteroatoms. The lowest BCUT2D eigenvalue weighted by atomic mass is 10.1. The van der Waals surface area contributed by atoms with Crippen molar-refractivity contribution >= 4 is 50.4 Å². The van der Waals surface area contributed by atoms with E-state index in [1.54, 1.807) is 30.8 Å². The molecule has 0 aliphatic rings. The molecule has 0 fully saturated rings. The predicted octanol–water partition coefficient (Wildman–Crippen LogP) is 4.27. The van der Waals surface area contributed by atoms with Gasteiger partial charge in [-0.25, -0.2) is 4.98 Å². The Kier molecular flexibility index (Phi) is 4.89. The third-order valence-electron chi connectivity index (χ3n) is 3.34. The molecule has 0 spiro atoms. The summed E-state index contributed by atoms with van der Waals surface area (Å²) in [7, 11) is 3.53. The minimum absolute atomic E-state index is 0.0137. The summed E-state index contributed by atoms with van der Waals surface area (Å²) < 4.78 is 5.40. The normalized spacial score (nSPS) is 10.9. The van der Waals surface area contributed by atoms with Gasteiger partial charge in [-0.05, 0) is 41.7 Å². The number of fused-ring (bicyclic) bond motifs is 1. The van der Waals surface area contributed by atoms with Crippen LogP contribution in [0.3, 0.4) is 0 Å². The number of aromatic nitrogens is 2. The maximum Gasteiger partial charge on any atom is 0.285 e. The van der Waals surface area contributed by atoms with Gasteiger partial charge in [-0.3, -0.25) is 4.79 Å². The Morgan fingerprint density at radius 1 is 1.26 bits per heavy atom. The second-order valence-corrected chi connectivity index (χ2v) is 7.73. The number of thioether (sulfide) groups is 2. The third kappa shape index (κ3) is 3.36. The maximum absolute atomic E-state index is 12.1. The van der Waals surface area contributed by atoms with Crippen molar-refractivity contribution in [2.75, 3.05) is 20.4 Å². The van der Waals surface area contributed by atoms with Gasteiger partial charge in [-0.2, -0.15) is 4.37 Å². The van der Waals surface area contributed by atoms with Gasteiger partial charge in [-0.1, -0.05) is 17.8 Å². The van der Waals surface area contributed by atoms with E-state index in [0.717, 1.165) is 31.1 Å². The first-order valence-electron chi connectivity index (χ1n) is 6.93. The summed E-state index contributed by atoms with van der Waals surface area (Å²) in [5, 5.41) is 2.21. The summed E-state index contributed by atoms with van der Waals surface area (Å²) in [5.41, 5.74) is 2.13. The van der Waals surface area contributed by atoms with Crippen LogP contribution in [0.2, 0.25) is 0 Å². The van der Waals surface area contributed by atoms with E-state index in [4.69, 9.17) is 0 Å². The molecule has 0 aliphatic heterocycles. The quantitative estimate of drug-likeness (QED) is 0.653. The molecule has 0 radical (unpaired) electrons. The molecule has 0 aliphatic carbocycles. The van der Waals surface area contributed by atoms with Crippen molar-refractivity contribution in [3.63, 3.8) is 0 Å². The highest BCUT2D eigenvalue weighted by atomic mass is 32.2. The minimum Gasteiger partial charge on any atom is -0.339 e. The van der Waals surface area contributed by atoms with Crippen LogP contribution in [0.4, 0.5) is 4.79 Å². The molecular weight excluding hydrogens is 346 g/mol. The molecule has 3 rings (SSSR count). The highest BCUT2D eigenvalue weighted by Gasteiger charge is 2.18. The molecule has 23 heavy (non-hydrogen) atoms. The number of nitrogens with zero attached hydrogens (tertiary/aromatic N) is 2. The topological polar surface area (TPSA) is 47.3 Å². The van der Waals surface area contributed by atoms with Crippen molar-refractivity contribution in [2.24, 2.45) is 0 Å². The fourth-order valence-corrected chi connectivity index (χ4v) is 4.24. The van der Waals surface area contributed by atoms with Crippen LogP contribution >= 0.6 is 35.1 Å². The van der Waals surface area contributed by atoms with Crippen molar-refractivity contribution in [1.29, 1.82) is 0 Å². The first-order chi connectivity index (χ1) is 11.1. The van der Waals surface area contributed by atoms with Crippen LogP contribution in [0.1, 0.15) is 0 Å². The van der Waals surface area contributed by atoms with Crippen molar-refractivity contribution in [3.05, 3.63) is 36.7 Å². The van der Waals surface area contributed by atoms with E-state index >= 15 is 0 Å². The number of H-pyrrole nitrogens is 1. The van der Waals surface area contributed by atoms with Crippen LogP contribution in [0.15, 0.2) is 46.6 Å². The summed E-state index contributed by atoms with van der Waals surface area (Å²) in [4.78, 5) is 18.0. The monoisotopic (exact) mass is 362 g/mol. The van der Waals surface area contributed by atoms with Gasteiger partial charge < -0.3 is 4.90 Å². The van der Waals surface area contributed by atoms with Gasteiger partial charge in [0.2, 0.25) is 5.03 Å². The fourth-order valence-electron chi connectivity index (χ4n) is 2.15. The van der Waals surface area contributed by atoms with Gasteiger partial charge in [-0.15, -0.1) is 0 Å². The molecule has 0 atom stereocenters. The maximum atomic E-state index is 12.1. The Morgan fingerprint density at radius 2 is 2.09 bits per heavy atom. The number of benzene rings is 1. The SMILES string of the molecule is CSc1ccc(-c2c(SC(=O)N(C)C)ccc3cnsc23)c[nH+]1. The zero-order valence-corrected chi connectivity index (χ0v) is 15.4. The predicted molar refractivity (Wildman–Crippen MR) is 98.3 cm³/mol. The van der Waals surface area contributed by atoms with Crippen molar-refractivity contribution in [1.82, 2.24) is 9.27 Å². The number of pyridine rings is 1. The molecule has 1 N–H and O–H groups in total. The molecular formula is C16H16N3OS3+. The first kappa shape index (κ1) is 16.3. The Balaban J connectivity index is 2.14. The number of amides is 1. The standard InChI is InChI=1S/C16H15N3OS3/c1-19(2)16(20)22-12-6-4-11-9-18-23-15(11)14(12)10-5-7-13(21-3)17-8-10/h4-9H,1-3H3/p+1. The Labute approximate surface area is 147 Å². The van der Waals surface area contributed by atoms with E-state index in [0.29, 0.717) is 0 Å². The number of nitrogens with one attached hydrogen (secondary N) is 1. The summed E-state index contributed by atoms with van der Waals surface area (Å²) in [6, 6.07) is 8.16. The largest absolute Gasteiger partial charge is 0.339 e. The van der Waals surface area contributed by atoms with E-state index in [1.165, 1.54) is 23.3 Å². The molecule has 118 valence electrons. The number of hydrogen-bond donors (Lipinski definition) is 0. The van der Waals surface area contributed by atoms with E-state index in [2.05, 4.69) is 21.5 Å².